The van der Waals surface area contributed by atoms with E-state index in [4.69, 9.17) is 0 Å². The molecule has 4 nitrogen and oxygen atoms in total. The van der Waals surface area contributed by atoms with Crippen LogP contribution in [-0.4, -0.2) is 18.7 Å². The number of nitrogens with zero attached hydrogens (tertiary/aromatic N) is 1. The minimum atomic E-state index is -0.195. The first-order chi connectivity index (χ1) is 13.3. The largest absolute Gasteiger partial charge is 0.376 e. The highest BCUT2D eigenvalue weighted by Gasteiger charge is 2.03. The second kappa shape index (κ2) is 7.70. The van der Waals surface area contributed by atoms with Crippen LogP contribution in [0, 0.1) is 0 Å². The Bertz CT molecular complexity index is 1120. The lowest BCUT2D eigenvalue weighted by Gasteiger charge is -2.08. The summed E-state index contributed by atoms with van der Waals surface area (Å²) in [6, 6.07) is 28.2. The van der Waals surface area contributed by atoms with E-state index in [0.717, 1.165) is 32.8 Å². The van der Waals surface area contributed by atoms with Crippen molar-refractivity contribution in [1.82, 2.24) is 5.43 Å². The summed E-state index contributed by atoms with van der Waals surface area (Å²) in [5.74, 6) is -0.195. The third kappa shape index (κ3) is 3.80. The molecule has 4 aromatic rings. The summed E-state index contributed by atoms with van der Waals surface area (Å²) in [6.45, 7) is 0.154. The first kappa shape index (κ1) is 16.8. The number of hydrogen-bond acceptors (Lipinski definition) is 3. The molecule has 0 saturated heterocycles. The summed E-state index contributed by atoms with van der Waals surface area (Å²) in [4.78, 5) is 12.1. The van der Waals surface area contributed by atoms with Crippen LogP contribution < -0.4 is 10.7 Å². The highest BCUT2D eigenvalue weighted by molar-refractivity contribution is 6.00. The molecule has 132 valence electrons. The van der Waals surface area contributed by atoms with Crippen molar-refractivity contribution in [3.05, 3.63) is 90.5 Å². The maximum Gasteiger partial charge on any atom is 0.259 e. The van der Waals surface area contributed by atoms with E-state index in [0.29, 0.717) is 0 Å². The summed E-state index contributed by atoms with van der Waals surface area (Å²) in [6.07, 6.45) is 1.68. The van der Waals surface area contributed by atoms with E-state index in [2.05, 4.69) is 40.1 Å². The molecule has 0 aliphatic rings. The number of carbonyl (C=O) groups is 1. The van der Waals surface area contributed by atoms with Gasteiger partial charge >= 0.3 is 0 Å². The van der Waals surface area contributed by atoms with Crippen LogP contribution in [0.1, 0.15) is 5.56 Å². The fourth-order valence-corrected chi connectivity index (χ4v) is 3.13. The summed E-state index contributed by atoms with van der Waals surface area (Å²) >= 11 is 0. The molecule has 2 N–H and O–H groups in total. The fraction of sp³-hybridized carbons (Fsp3) is 0.0435. The second-order valence-corrected chi connectivity index (χ2v) is 6.24. The first-order valence-electron chi connectivity index (χ1n) is 8.82. The van der Waals surface area contributed by atoms with Crippen LogP contribution in [0.5, 0.6) is 0 Å². The molecule has 0 aliphatic heterocycles. The molecule has 0 saturated carbocycles. The Hall–Kier alpha value is -3.66. The molecule has 0 aromatic heterocycles. The summed E-state index contributed by atoms with van der Waals surface area (Å²) in [5.41, 5.74) is 4.48. The van der Waals surface area contributed by atoms with Crippen LogP contribution in [-0.2, 0) is 4.79 Å². The molecule has 0 radical (unpaired) electrons. The van der Waals surface area contributed by atoms with Gasteiger partial charge in [0.15, 0.2) is 0 Å². The number of fused-ring (bicyclic) bond motifs is 2. The lowest BCUT2D eigenvalue weighted by Crippen LogP contribution is -2.25. The average molecular weight is 353 g/mol. The van der Waals surface area contributed by atoms with Crippen molar-refractivity contribution in [2.75, 3.05) is 11.9 Å². The van der Waals surface area contributed by atoms with Crippen molar-refractivity contribution < 1.29 is 4.79 Å². The van der Waals surface area contributed by atoms with E-state index >= 15 is 0 Å². The predicted molar refractivity (Wildman–Crippen MR) is 112 cm³/mol. The fourth-order valence-electron chi connectivity index (χ4n) is 3.13. The van der Waals surface area contributed by atoms with Gasteiger partial charge in [-0.15, -0.1) is 0 Å². The molecule has 0 unspecified atom stereocenters. The van der Waals surface area contributed by atoms with Crippen LogP contribution in [0.15, 0.2) is 90.0 Å². The summed E-state index contributed by atoms with van der Waals surface area (Å²) in [5, 5.41) is 11.8. The zero-order valence-electron chi connectivity index (χ0n) is 14.7. The molecule has 0 atom stereocenters. The Labute approximate surface area is 157 Å². The predicted octanol–water partition coefficient (Wildman–Crippen LogP) is 4.56. The molecule has 0 bridgehead atoms. The Morgan fingerprint density at radius 3 is 2.22 bits per heavy atom. The van der Waals surface area contributed by atoms with Crippen molar-refractivity contribution in [2.45, 2.75) is 0 Å². The smallest absolute Gasteiger partial charge is 0.259 e. The van der Waals surface area contributed by atoms with Crippen molar-refractivity contribution >= 4 is 39.4 Å². The van der Waals surface area contributed by atoms with Gasteiger partial charge in [0.1, 0.15) is 0 Å². The Kier molecular flexibility index (Phi) is 4.79. The normalized spacial score (nSPS) is 11.1. The molecule has 0 fully saturated rings. The number of nitrogens with one attached hydrogen (secondary N) is 2. The van der Waals surface area contributed by atoms with E-state index in [9.17, 15) is 4.79 Å². The Morgan fingerprint density at radius 1 is 0.778 bits per heavy atom. The van der Waals surface area contributed by atoms with Crippen molar-refractivity contribution in [3.8, 4) is 0 Å². The average Bonchev–Trinajstić information content (AvgIpc) is 2.72. The third-order valence-electron chi connectivity index (χ3n) is 4.45. The highest BCUT2D eigenvalue weighted by Crippen LogP contribution is 2.22. The van der Waals surface area contributed by atoms with Gasteiger partial charge in [0, 0.05) is 16.6 Å². The lowest BCUT2D eigenvalue weighted by molar-refractivity contribution is -0.119. The van der Waals surface area contributed by atoms with Crippen LogP contribution in [0.25, 0.3) is 21.5 Å². The number of hydrazone groups is 1. The lowest BCUT2D eigenvalue weighted by atomic mass is 10.1. The van der Waals surface area contributed by atoms with Gasteiger partial charge in [0.25, 0.3) is 5.91 Å². The minimum Gasteiger partial charge on any atom is -0.376 e. The van der Waals surface area contributed by atoms with Crippen LogP contribution in [0.2, 0.25) is 0 Å². The number of anilines is 1. The molecule has 0 aliphatic carbocycles. The zero-order valence-corrected chi connectivity index (χ0v) is 14.7. The molecular weight excluding hydrogens is 334 g/mol. The van der Waals surface area contributed by atoms with E-state index in [1.165, 1.54) is 0 Å². The third-order valence-corrected chi connectivity index (χ3v) is 4.45. The van der Waals surface area contributed by atoms with Gasteiger partial charge in [-0.3, -0.25) is 4.79 Å². The second-order valence-electron chi connectivity index (χ2n) is 6.24. The molecule has 4 aromatic carbocycles. The molecule has 4 heteroatoms. The Balaban J connectivity index is 1.40. The van der Waals surface area contributed by atoms with Crippen LogP contribution in [0.3, 0.4) is 0 Å². The summed E-state index contributed by atoms with van der Waals surface area (Å²) in [7, 11) is 0. The van der Waals surface area contributed by atoms with Gasteiger partial charge in [-0.05, 0) is 22.2 Å². The number of benzene rings is 4. The highest BCUT2D eigenvalue weighted by atomic mass is 16.2. The number of rotatable bonds is 5. The maximum atomic E-state index is 12.1. The van der Waals surface area contributed by atoms with Crippen molar-refractivity contribution in [2.24, 2.45) is 5.10 Å². The van der Waals surface area contributed by atoms with Gasteiger partial charge in [0.2, 0.25) is 0 Å². The Morgan fingerprint density at radius 2 is 1.41 bits per heavy atom. The topological polar surface area (TPSA) is 53.5 Å². The summed E-state index contributed by atoms with van der Waals surface area (Å²) < 4.78 is 0. The monoisotopic (exact) mass is 353 g/mol. The minimum absolute atomic E-state index is 0.154. The first-order valence-corrected chi connectivity index (χ1v) is 8.82. The van der Waals surface area contributed by atoms with E-state index in [-0.39, 0.29) is 12.5 Å². The zero-order chi connectivity index (χ0) is 18.5. The molecule has 0 spiro atoms. The molecule has 1 amide bonds. The number of amides is 1. The SMILES string of the molecule is O=C(CNc1cccc2ccccc12)N/N=C\c1cccc2ccccc12. The van der Waals surface area contributed by atoms with Gasteiger partial charge in [0.05, 0.1) is 12.8 Å². The van der Waals surface area contributed by atoms with Gasteiger partial charge in [-0.25, -0.2) is 5.43 Å². The van der Waals surface area contributed by atoms with Gasteiger partial charge in [-0.2, -0.15) is 5.10 Å². The van der Waals surface area contributed by atoms with Gasteiger partial charge in [-0.1, -0.05) is 78.9 Å². The van der Waals surface area contributed by atoms with Crippen LogP contribution >= 0.6 is 0 Å². The molecule has 0 heterocycles. The molecular formula is C23H19N3O. The standard InChI is InChI=1S/C23H19N3O/c27-23(16-24-22-14-6-10-18-8-2-4-13-21(18)22)26-25-15-19-11-5-9-17-7-1-3-12-20(17)19/h1-15,24H,16H2,(H,26,27)/b25-15-. The van der Waals surface area contributed by atoms with Crippen molar-refractivity contribution in [3.63, 3.8) is 0 Å². The van der Waals surface area contributed by atoms with E-state index in [1.807, 2.05) is 60.7 Å². The molecule has 27 heavy (non-hydrogen) atoms. The van der Waals surface area contributed by atoms with E-state index < -0.39 is 0 Å². The molecule has 4 rings (SSSR count). The van der Waals surface area contributed by atoms with Crippen LogP contribution in [0.4, 0.5) is 5.69 Å². The van der Waals surface area contributed by atoms with E-state index in [1.54, 1.807) is 6.21 Å². The van der Waals surface area contributed by atoms with Crippen molar-refractivity contribution in [1.29, 1.82) is 0 Å². The number of carbonyl (C=O) groups excluding carboxylic acids is 1. The van der Waals surface area contributed by atoms with Gasteiger partial charge < -0.3 is 5.32 Å². The maximum absolute atomic E-state index is 12.1. The number of hydrogen-bond donors (Lipinski definition) is 2. The quantitative estimate of drug-likeness (QED) is 0.408.